The Hall–Kier alpha value is -2.58. The molecule has 0 radical (unpaired) electrons. The van der Waals surface area contributed by atoms with Gasteiger partial charge in [0.1, 0.15) is 0 Å². The van der Waals surface area contributed by atoms with Gasteiger partial charge in [0.15, 0.2) is 0 Å². The molecule has 0 atom stereocenters. The molecule has 7 nitrogen and oxygen atoms in total. The van der Waals surface area contributed by atoms with Crippen molar-refractivity contribution >= 4 is 44.9 Å². The molecule has 136 valence electrons. The number of carbonyl (C=O) groups excluding carboxylic acids is 2. The number of halogens is 1. The van der Waals surface area contributed by atoms with Crippen LogP contribution in [-0.2, 0) is 26.0 Å². The zero-order chi connectivity index (χ0) is 18.9. The van der Waals surface area contributed by atoms with Gasteiger partial charge < -0.3 is 10.1 Å². The molecule has 1 aliphatic rings. The van der Waals surface area contributed by atoms with E-state index in [1.54, 1.807) is 6.07 Å². The Morgan fingerprint density at radius 1 is 1.19 bits per heavy atom. The second-order valence-corrected chi connectivity index (χ2v) is 7.75. The van der Waals surface area contributed by atoms with E-state index >= 15 is 0 Å². The second-order valence-electron chi connectivity index (χ2n) is 5.66. The van der Waals surface area contributed by atoms with Crippen molar-refractivity contribution in [2.45, 2.75) is 17.7 Å². The highest BCUT2D eigenvalue weighted by atomic mass is 35.5. The third-order valence-electron chi connectivity index (χ3n) is 3.91. The Kier molecular flexibility index (Phi) is 4.88. The highest BCUT2D eigenvalue weighted by molar-refractivity contribution is 7.92. The monoisotopic (exact) mass is 394 g/mol. The number of rotatable bonds is 4. The number of aryl methyl sites for hydroxylation is 1. The lowest BCUT2D eigenvalue weighted by Gasteiger charge is -2.18. The van der Waals surface area contributed by atoms with E-state index in [-0.39, 0.29) is 27.1 Å². The zero-order valence-corrected chi connectivity index (χ0v) is 15.3. The van der Waals surface area contributed by atoms with Crippen LogP contribution in [0.3, 0.4) is 0 Å². The largest absolute Gasteiger partial charge is 0.465 e. The lowest BCUT2D eigenvalue weighted by Crippen LogP contribution is -2.20. The summed E-state index contributed by atoms with van der Waals surface area (Å²) in [6, 6.07) is 8.61. The normalized spacial score (nSPS) is 13.5. The summed E-state index contributed by atoms with van der Waals surface area (Å²) in [5.74, 6) is -0.704. The molecule has 2 aromatic carbocycles. The number of esters is 1. The molecule has 9 heteroatoms. The van der Waals surface area contributed by atoms with Gasteiger partial charge in [0.2, 0.25) is 5.91 Å². The molecule has 0 saturated heterocycles. The average molecular weight is 395 g/mol. The lowest BCUT2D eigenvalue weighted by atomic mass is 10.0. The summed E-state index contributed by atoms with van der Waals surface area (Å²) in [7, 11) is -2.70. The number of fused-ring (bicyclic) bond motifs is 1. The predicted octanol–water partition coefficient (Wildman–Crippen LogP) is 2.81. The molecule has 0 spiro atoms. The van der Waals surface area contributed by atoms with Gasteiger partial charge >= 0.3 is 5.97 Å². The maximum Gasteiger partial charge on any atom is 0.337 e. The van der Waals surface area contributed by atoms with Crippen LogP contribution in [0.2, 0.25) is 5.02 Å². The third-order valence-corrected chi connectivity index (χ3v) is 5.61. The van der Waals surface area contributed by atoms with Gasteiger partial charge in [0.25, 0.3) is 10.0 Å². The van der Waals surface area contributed by atoms with Crippen LogP contribution in [0.1, 0.15) is 22.3 Å². The van der Waals surface area contributed by atoms with Gasteiger partial charge in [-0.3, -0.25) is 9.52 Å². The first-order chi connectivity index (χ1) is 12.3. The Morgan fingerprint density at radius 3 is 2.69 bits per heavy atom. The number of ether oxygens (including phenoxy) is 1. The van der Waals surface area contributed by atoms with Crippen molar-refractivity contribution in [3.05, 3.63) is 52.5 Å². The molecule has 0 unspecified atom stereocenters. The fourth-order valence-corrected chi connectivity index (χ4v) is 3.92. The Bertz CT molecular complexity index is 1000. The van der Waals surface area contributed by atoms with Gasteiger partial charge in [0.05, 0.1) is 28.3 Å². The van der Waals surface area contributed by atoms with E-state index in [1.165, 1.54) is 37.4 Å². The molecular formula is C17H15ClN2O5S. The molecule has 0 fully saturated rings. The summed E-state index contributed by atoms with van der Waals surface area (Å²) in [5, 5.41) is 2.84. The number of sulfonamides is 1. The summed E-state index contributed by atoms with van der Waals surface area (Å²) in [4.78, 5) is 23.1. The maximum atomic E-state index is 12.7. The molecule has 0 aliphatic carbocycles. The summed E-state index contributed by atoms with van der Waals surface area (Å²) in [6.45, 7) is 0. The van der Waals surface area contributed by atoms with Gasteiger partial charge in [-0.2, -0.15) is 0 Å². The molecule has 1 aliphatic heterocycles. The smallest absolute Gasteiger partial charge is 0.337 e. The van der Waals surface area contributed by atoms with Gasteiger partial charge in [-0.25, -0.2) is 13.2 Å². The van der Waals surface area contributed by atoms with Crippen molar-refractivity contribution < 1.29 is 22.7 Å². The van der Waals surface area contributed by atoms with Gasteiger partial charge in [0, 0.05) is 12.1 Å². The summed E-state index contributed by atoms with van der Waals surface area (Å²) in [6.07, 6.45) is 0.764. The van der Waals surface area contributed by atoms with E-state index in [1.807, 2.05) is 0 Å². The third kappa shape index (κ3) is 3.66. The average Bonchev–Trinajstić information content (AvgIpc) is 2.62. The highest BCUT2D eigenvalue weighted by Crippen LogP contribution is 2.29. The molecule has 26 heavy (non-hydrogen) atoms. The van der Waals surface area contributed by atoms with Crippen molar-refractivity contribution in [2.24, 2.45) is 0 Å². The maximum absolute atomic E-state index is 12.7. The first-order valence-corrected chi connectivity index (χ1v) is 9.50. The molecular weight excluding hydrogens is 380 g/mol. The summed E-state index contributed by atoms with van der Waals surface area (Å²) < 4.78 is 32.4. The van der Waals surface area contributed by atoms with Crippen LogP contribution in [0.5, 0.6) is 0 Å². The van der Waals surface area contributed by atoms with Gasteiger partial charge in [-0.1, -0.05) is 11.6 Å². The predicted molar refractivity (Wildman–Crippen MR) is 97.0 cm³/mol. The van der Waals surface area contributed by atoms with E-state index in [0.717, 1.165) is 5.56 Å². The Morgan fingerprint density at radius 2 is 1.96 bits per heavy atom. The number of nitrogens with one attached hydrogen (secondary N) is 2. The van der Waals surface area contributed by atoms with Crippen LogP contribution >= 0.6 is 11.6 Å². The SMILES string of the molecule is COC(=O)c1ccc(Cl)c(NS(=O)(=O)c2ccc3c(c2)CCC(=O)N3)c1. The fourth-order valence-electron chi connectivity index (χ4n) is 2.58. The molecule has 0 bridgehead atoms. The van der Waals surface area contributed by atoms with Gasteiger partial charge in [-0.15, -0.1) is 0 Å². The minimum Gasteiger partial charge on any atom is -0.465 e. The first kappa shape index (κ1) is 18.2. The van der Waals surface area contributed by atoms with E-state index in [0.29, 0.717) is 18.5 Å². The van der Waals surface area contributed by atoms with Gasteiger partial charge in [-0.05, 0) is 48.4 Å². The number of hydrogen-bond donors (Lipinski definition) is 2. The van der Waals surface area contributed by atoms with Crippen LogP contribution in [-0.4, -0.2) is 27.4 Å². The van der Waals surface area contributed by atoms with Crippen LogP contribution in [0, 0.1) is 0 Å². The molecule has 0 aromatic heterocycles. The number of anilines is 2. The standard InChI is InChI=1S/C17H15ClN2O5S/c1-25-17(22)11-2-5-13(18)15(9-11)20-26(23,24)12-4-6-14-10(8-12)3-7-16(21)19-14/h2,4-6,8-9,20H,3,7H2,1H3,(H,19,21). The Balaban J connectivity index is 1.92. The van der Waals surface area contributed by atoms with Crippen molar-refractivity contribution in [1.82, 2.24) is 0 Å². The van der Waals surface area contributed by atoms with E-state index in [4.69, 9.17) is 11.6 Å². The number of benzene rings is 2. The number of amides is 1. The number of carbonyl (C=O) groups is 2. The van der Waals surface area contributed by atoms with Crippen LogP contribution in [0.15, 0.2) is 41.3 Å². The molecule has 2 N–H and O–H groups in total. The molecule has 1 heterocycles. The van der Waals surface area contributed by atoms with E-state index < -0.39 is 16.0 Å². The van der Waals surface area contributed by atoms with Crippen LogP contribution < -0.4 is 10.0 Å². The number of hydrogen-bond acceptors (Lipinski definition) is 5. The topological polar surface area (TPSA) is 102 Å². The molecule has 0 saturated carbocycles. The molecule has 3 rings (SSSR count). The van der Waals surface area contributed by atoms with Crippen molar-refractivity contribution in [2.75, 3.05) is 17.1 Å². The highest BCUT2D eigenvalue weighted by Gasteiger charge is 2.21. The number of methoxy groups -OCH3 is 1. The van der Waals surface area contributed by atoms with E-state index in [2.05, 4.69) is 14.8 Å². The van der Waals surface area contributed by atoms with Crippen LogP contribution in [0.25, 0.3) is 0 Å². The van der Waals surface area contributed by atoms with Crippen molar-refractivity contribution in [1.29, 1.82) is 0 Å². The quantitative estimate of drug-likeness (QED) is 0.776. The molecule has 1 amide bonds. The van der Waals surface area contributed by atoms with E-state index in [9.17, 15) is 18.0 Å². The minimum atomic E-state index is -3.93. The second kappa shape index (κ2) is 6.97. The fraction of sp³-hybridized carbons (Fsp3) is 0.176. The first-order valence-electron chi connectivity index (χ1n) is 7.63. The lowest BCUT2D eigenvalue weighted by molar-refractivity contribution is -0.116. The Labute approximate surface area is 155 Å². The minimum absolute atomic E-state index is 0.0342. The molecule has 2 aromatic rings. The zero-order valence-electron chi connectivity index (χ0n) is 13.7. The van der Waals surface area contributed by atoms with Crippen molar-refractivity contribution in [3.8, 4) is 0 Å². The summed E-state index contributed by atoms with van der Waals surface area (Å²) >= 11 is 6.04. The van der Waals surface area contributed by atoms with Crippen molar-refractivity contribution in [3.63, 3.8) is 0 Å². The summed E-state index contributed by atoms with van der Waals surface area (Å²) in [5.41, 5.74) is 1.58. The van der Waals surface area contributed by atoms with Crippen LogP contribution in [0.4, 0.5) is 11.4 Å².